The van der Waals surface area contributed by atoms with Crippen molar-refractivity contribution in [3.05, 3.63) is 95.3 Å². The highest BCUT2D eigenvalue weighted by Gasteiger charge is 2.40. The molecule has 1 aliphatic heterocycles. The SMILES string of the molecule is OCc1ccc([C@@H]2[C@H](CCC(O)c3ccc(F)cc3)CC(=S)N2c2ccccc2)c(O)c1. The number of hydrogen-bond donors (Lipinski definition) is 3. The highest BCUT2D eigenvalue weighted by molar-refractivity contribution is 7.80. The number of benzene rings is 3. The van der Waals surface area contributed by atoms with Gasteiger partial charge in [0, 0.05) is 17.7 Å². The zero-order valence-electron chi connectivity index (χ0n) is 17.6. The number of hydrogen-bond acceptors (Lipinski definition) is 4. The van der Waals surface area contributed by atoms with Gasteiger partial charge in [-0.2, -0.15) is 0 Å². The Labute approximate surface area is 192 Å². The highest BCUT2D eigenvalue weighted by Crippen LogP contribution is 2.47. The van der Waals surface area contributed by atoms with Crippen molar-refractivity contribution in [2.75, 3.05) is 4.90 Å². The van der Waals surface area contributed by atoms with Gasteiger partial charge in [0.2, 0.25) is 0 Å². The van der Waals surface area contributed by atoms with E-state index in [0.717, 1.165) is 16.2 Å². The lowest BCUT2D eigenvalue weighted by atomic mass is 9.87. The van der Waals surface area contributed by atoms with Crippen LogP contribution in [0.2, 0.25) is 0 Å². The van der Waals surface area contributed by atoms with E-state index >= 15 is 0 Å². The molecule has 0 bridgehead atoms. The molecule has 0 saturated carbocycles. The number of phenols is 1. The van der Waals surface area contributed by atoms with E-state index in [-0.39, 0.29) is 30.1 Å². The van der Waals surface area contributed by atoms with Crippen LogP contribution in [0.25, 0.3) is 0 Å². The minimum atomic E-state index is -0.707. The van der Waals surface area contributed by atoms with Crippen molar-refractivity contribution < 1.29 is 19.7 Å². The minimum Gasteiger partial charge on any atom is -0.508 e. The molecule has 0 radical (unpaired) electrons. The third kappa shape index (κ3) is 4.67. The zero-order valence-corrected chi connectivity index (χ0v) is 18.4. The zero-order chi connectivity index (χ0) is 22.7. The van der Waals surface area contributed by atoms with Gasteiger partial charge in [-0.3, -0.25) is 0 Å². The van der Waals surface area contributed by atoms with Crippen LogP contribution in [0.15, 0.2) is 72.8 Å². The molecular weight excluding hydrogens is 425 g/mol. The lowest BCUT2D eigenvalue weighted by molar-refractivity contribution is 0.155. The topological polar surface area (TPSA) is 63.9 Å². The fourth-order valence-corrected chi connectivity index (χ4v) is 4.94. The Hall–Kier alpha value is -2.80. The summed E-state index contributed by atoms with van der Waals surface area (Å²) in [5.74, 6) is -0.137. The lowest BCUT2D eigenvalue weighted by Crippen LogP contribution is -2.28. The van der Waals surface area contributed by atoms with Gasteiger partial charge in [0.15, 0.2) is 0 Å². The van der Waals surface area contributed by atoms with Gasteiger partial charge < -0.3 is 20.2 Å². The Morgan fingerprint density at radius 1 is 1.03 bits per heavy atom. The van der Waals surface area contributed by atoms with Crippen molar-refractivity contribution >= 4 is 22.9 Å². The van der Waals surface area contributed by atoms with Crippen LogP contribution in [0.4, 0.5) is 10.1 Å². The van der Waals surface area contributed by atoms with Gasteiger partial charge >= 0.3 is 0 Å². The first-order valence-electron chi connectivity index (χ1n) is 10.7. The normalized spacial score (nSPS) is 19.3. The Morgan fingerprint density at radius 3 is 2.41 bits per heavy atom. The molecule has 0 spiro atoms. The van der Waals surface area contributed by atoms with Crippen LogP contribution in [0, 0.1) is 11.7 Å². The smallest absolute Gasteiger partial charge is 0.123 e. The van der Waals surface area contributed by atoms with Crippen LogP contribution >= 0.6 is 12.2 Å². The number of aliphatic hydroxyl groups is 2. The van der Waals surface area contributed by atoms with Crippen LogP contribution in [-0.4, -0.2) is 20.3 Å². The largest absolute Gasteiger partial charge is 0.508 e. The Morgan fingerprint density at radius 2 is 1.75 bits per heavy atom. The van der Waals surface area contributed by atoms with Crippen LogP contribution in [-0.2, 0) is 6.61 Å². The van der Waals surface area contributed by atoms with E-state index in [2.05, 4.69) is 4.90 Å². The van der Waals surface area contributed by atoms with E-state index in [1.807, 2.05) is 42.5 Å². The van der Waals surface area contributed by atoms with E-state index < -0.39 is 6.10 Å². The molecule has 1 aliphatic rings. The summed E-state index contributed by atoms with van der Waals surface area (Å²) in [7, 11) is 0. The molecule has 1 saturated heterocycles. The summed E-state index contributed by atoms with van der Waals surface area (Å²) in [5, 5.41) is 30.8. The molecule has 1 fully saturated rings. The second-order valence-corrected chi connectivity index (χ2v) is 8.68. The lowest BCUT2D eigenvalue weighted by Gasteiger charge is -2.31. The second-order valence-electron chi connectivity index (χ2n) is 8.20. The van der Waals surface area contributed by atoms with E-state index in [4.69, 9.17) is 12.2 Å². The number of nitrogens with zero attached hydrogens (tertiary/aromatic N) is 1. The maximum absolute atomic E-state index is 13.2. The molecule has 0 amide bonds. The van der Waals surface area contributed by atoms with Gasteiger partial charge in [-0.05, 0) is 60.2 Å². The van der Waals surface area contributed by atoms with Gasteiger partial charge in [-0.25, -0.2) is 4.39 Å². The Kier molecular flexibility index (Phi) is 6.84. The first kappa shape index (κ1) is 22.4. The average Bonchev–Trinajstić information content (AvgIpc) is 3.14. The number of aromatic hydroxyl groups is 1. The van der Waals surface area contributed by atoms with Gasteiger partial charge in [0.1, 0.15) is 11.6 Å². The number of anilines is 1. The summed E-state index contributed by atoms with van der Waals surface area (Å²) in [4.78, 5) is 2.87. The van der Waals surface area contributed by atoms with Crippen LogP contribution in [0.3, 0.4) is 0 Å². The van der Waals surface area contributed by atoms with Crippen LogP contribution in [0.1, 0.15) is 48.1 Å². The third-order valence-corrected chi connectivity index (χ3v) is 6.49. The monoisotopic (exact) mass is 451 g/mol. The second kappa shape index (κ2) is 9.77. The summed E-state index contributed by atoms with van der Waals surface area (Å²) < 4.78 is 13.2. The maximum atomic E-state index is 13.2. The predicted molar refractivity (Wildman–Crippen MR) is 127 cm³/mol. The van der Waals surface area contributed by atoms with E-state index in [1.165, 1.54) is 12.1 Å². The van der Waals surface area contributed by atoms with Gasteiger partial charge in [0.25, 0.3) is 0 Å². The molecule has 3 aromatic carbocycles. The summed E-state index contributed by atoms with van der Waals surface area (Å²) >= 11 is 5.76. The van der Waals surface area contributed by atoms with Gasteiger partial charge in [-0.15, -0.1) is 0 Å². The van der Waals surface area contributed by atoms with Crippen molar-refractivity contribution in [3.63, 3.8) is 0 Å². The number of aliphatic hydroxyl groups excluding tert-OH is 2. The van der Waals surface area contributed by atoms with Gasteiger partial charge in [-0.1, -0.05) is 54.7 Å². The van der Waals surface area contributed by atoms with E-state index in [9.17, 15) is 19.7 Å². The molecule has 4 rings (SSSR count). The van der Waals surface area contributed by atoms with Crippen molar-refractivity contribution in [1.29, 1.82) is 0 Å². The summed E-state index contributed by atoms with van der Waals surface area (Å²) in [6, 6.07) is 20.8. The molecular formula is C26H26FNO3S. The van der Waals surface area contributed by atoms with Crippen molar-refractivity contribution in [2.45, 2.75) is 38.0 Å². The Balaban J connectivity index is 1.63. The van der Waals surface area contributed by atoms with Crippen molar-refractivity contribution in [1.82, 2.24) is 0 Å². The molecule has 0 aromatic heterocycles. The standard InChI is InChI=1S/C26H26FNO3S/c27-20-10-7-18(8-11-20)23(30)13-9-19-15-25(32)28(21-4-2-1-3-5-21)26(19)22-12-6-17(16-29)14-24(22)31/h1-8,10-12,14,19,23,26,29-31H,9,13,15-16H2/t19-,23?,26+/m1/s1. The molecule has 6 heteroatoms. The molecule has 0 aliphatic carbocycles. The predicted octanol–water partition coefficient (Wildman–Crippen LogP) is 5.43. The molecule has 3 N–H and O–H groups in total. The van der Waals surface area contributed by atoms with Crippen molar-refractivity contribution in [3.8, 4) is 5.75 Å². The molecule has 32 heavy (non-hydrogen) atoms. The van der Waals surface area contributed by atoms with Gasteiger partial charge in [0.05, 0.1) is 23.7 Å². The van der Waals surface area contributed by atoms with Crippen molar-refractivity contribution in [2.24, 2.45) is 5.92 Å². The maximum Gasteiger partial charge on any atom is 0.123 e. The molecule has 166 valence electrons. The first-order valence-corrected chi connectivity index (χ1v) is 11.1. The number of thiocarbonyl (C=S) groups is 1. The first-order chi connectivity index (χ1) is 15.5. The summed E-state index contributed by atoms with van der Waals surface area (Å²) in [6.45, 7) is -0.146. The summed E-state index contributed by atoms with van der Waals surface area (Å²) in [6.07, 6.45) is 1.12. The number of halogens is 1. The number of rotatable bonds is 7. The fraction of sp³-hybridized carbons (Fsp3) is 0.269. The Bertz CT molecular complexity index is 1070. The van der Waals surface area contributed by atoms with Crippen LogP contribution in [0.5, 0.6) is 5.75 Å². The molecule has 3 atom stereocenters. The molecule has 4 nitrogen and oxygen atoms in total. The number of phenolic OH excluding ortho intramolecular Hbond substituents is 1. The number of para-hydroxylation sites is 1. The molecule has 1 heterocycles. The fourth-order valence-electron chi connectivity index (χ4n) is 4.51. The molecule has 1 unspecified atom stereocenters. The quantitative estimate of drug-likeness (QED) is 0.418. The molecule has 3 aromatic rings. The summed E-state index contributed by atoms with van der Waals surface area (Å²) in [5.41, 5.74) is 3.02. The third-order valence-electron chi connectivity index (χ3n) is 6.13. The highest BCUT2D eigenvalue weighted by atomic mass is 32.1. The van der Waals surface area contributed by atoms with E-state index in [0.29, 0.717) is 30.4 Å². The van der Waals surface area contributed by atoms with Crippen LogP contribution < -0.4 is 4.90 Å². The average molecular weight is 452 g/mol. The minimum absolute atomic E-state index is 0.0729. The van der Waals surface area contributed by atoms with E-state index in [1.54, 1.807) is 18.2 Å².